The molecule has 3 aromatic rings. The molecule has 1 atom stereocenters. The molecule has 0 unspecified atom stereocenters. The van der Waals surface area contributed by atoms with Crippen molar-refractivity contribution in [1.29, 1.82) is 0 Å². The first-order chi connectivity index (χ1) is 16.5. The predicted molar refractivity (Wildman–Crippen MR) is 130 cm³/mol. The molecule has 1 N–H and O–H groups in total. The number of carbonyl (C=O) groups excluding carboxylic acids is 1. The van der Waals surface area contributed by atoms with Gasteiger partial charge in [-0.15, -0.1) is 0 Å². The second-order valence-electron chi connectivity index (χ2n) is 7.98. The summed E-state index contributed by atoms with van der Waals surface area (Å²) in [6.45, 7) is 1.03. The average molecular weight is 525 g/mol. The lowest BCUT2D eigenvalue weighted by Gasteiger charge is -2.26. The number of rotatable bonds is 9. The van der Waals surface area contributed by atoms with Crippen molar-refractivity contribution < 1.29 is 26.4 Å². The van der Waals surface area contributed by atoms with Crippen LogP contribution in [0.5, 0.6) is 0 Å². The van der Waals surface area contributed by atoms with Crippen molar-refractivity contribution in [3.63, 3.8) is 0 Å². The quantitative estimate of drug-likeness (QED) is 0.391. The molecule has 5 nitrogen and oxygen atoms in total. The number of sulfonamides is 1. The molecule has 0 aliphatic carbocycles. The lowest BCUT2D eigenvalue weighted by atomic mass is 10.1. The van der Waals surface area contributed by atoms with Crippen LogP contribution in [0.2, 0.25) is 5.02 Å². The van der Waals surface area contributed by atoms with E-state index < -0.39 is 39.9 Å². The number of halogens is 4. The molecule has 1 amide bonds. The lowest BCUT2D eigenvalue weighted by molar-refractivity contribution is -0.137. The number of nitrogens with one attached hydrogen (secondary N) is 1. The molecule has 0 aromatic heterocycles. The fourth-order valence-corrected chi connectivity index (χ4v) is 5.17. The van der Waals surface area contributed by atoms with Gasteiger partial charge in [-0.2, -0.15) is 13.2 Å². The van der Waals surface area contributed by atoms with Crippen LogP contribution in [-0.4, -0.2) is 26.9 Å². The minimum absolute atomic E-state index is 0.182. The van der Waals surface area contributed by atoms with Crippen molar-refractivity contribution in [2.45, 2.75) is 36.9 Å². The highest BCUT2D eigenvalue weighted by atomic mass is 35.5. The van der Waals surface area contributed by atoms with Gasteiger partial charge in [0.2, 0.25) is 5.91 Å². The van der Waals surface area contributed by atoms with E-state index in [2.05, 4.69) is 5.32 Å². The van der Waals surface area contributed by atoms with Crippen LogP contribution in [0.3, 0.4) is 0 Å². The number of nitrogens with zero attached hydrogens (tertiary/aromatic N) is 1. The fourth-order valence-electron chi connectivity index (χ4n) is 3.45. The second-order valence-corrected chi connectivity index (χ2v) is 10.3. The van der Waals surface area contributed by atoms with E-state index in [1.54, 1.807) is 13.0 Å². The number of benzene rings is 3. The smallest absolute Gasteiger partial charge is 0.352 e. The van der Waals surface area contributed by atoms with Crippen molar-refractivity contribution in [2.75, 3.05) is 10.8 Å². The van der Waals surface area contributed by atoms with Gasteiger partial charge in [0.15, 0.2) is 0 Å². The maximum atomic E-state index is 13.4. The molecule has 0 saturated heterocycles. The zero-order valence-corrected chi connectivity index (χ0v) is 20.4. The molecule has 0 spiro atoms. The zero-order chi connectivity index (χ0) is 25.6. The minimum atomic E-state index is -4.73. The van der Waals surface area contributed by atoms with E-state index >= 15 is 0 Å². The van der Waals surface area contributed by atoms with Gasteiger partial charge < -0.3 is 5.32 Å². The number of carbonyl (C=O) groups is 1. The van der Waals surface area contributed by atoms with Crippen molar-refractivity contribution in [3.05, 3.63) is 95.0 Å². The first-order valence-electron chi connectivity index (χ1n) is 10.8. The molecule has 0 heterocycles. The Morgan fingerprint density at radius 2 is 1.60 bits per heavy atom. The second kappa shape index (κ2) is 11.1. The molecule has 10 heteroatoms. The Bertz CT molecular complexity index is 1250. The number of anilines is 1. The average Bonchev–Trinajstić information content (AvgIpc) is 2.82. The third-order valence-electron chi connectivity index (χ3n) is 5.28. The summed E-state index contributed by atoms with van der Waals surface area (Å²) in [5, 5.41) is 2.49. The van der Waals surface area contributed by atoms with Crippen LogP contribution in [0.15, 0.2) is 83.8 Å². The standard InChI is InChI=1S/C25H24ClF3N2O3S/c1-18(12-13-19-8-4-2-5-9-19)30-24(32)17-31(35(33,34)21-10-6-3-7-11-21)23-16-20(25(27,28)29)14-15-22(23)26/h2-11,14-16,18H,12-13,17H2,1H3,(H,30,32)/t18-/m0/s1. The van der Waals surface area contributed by atoms with Crippen LogP contribution >= 0.6 is 11.6 Å². The van der Waals surface area contributed by atoms with E-state index in [1.807, 2.05) is 30.3 Å². The Morgan fingerprint density at radius 3 is 2.20 bits per heavy atom. The molecule has 186 valence electrons. The van der Waals surface area contributed by atoms with Gasteiger partial charge in [-0.05, 0) is 55.7 Å². The maximum absolute atomic E-state index is 13.4. The highest BCUT2D eigenvalue weighted by molar-refractivity contribution is 7.92. The van der Waals surface area contributed by atoms with Crippen molar-refractivity contribution in [3.8, 4) is 0 Å². The van der Waals surface area contributed by atoms with Crippen LogP contribution in [0.1, 0.15) is 24.5 Å². The Morgan fingerprint density at radius 1 is 1.00 bits per heavy atom. The zero-order valence-electron chi connectivity index (χ0n) is 18.8. The third-order valence-corrected chi connectivity index (χ3v) is 7.37. The van der Waals surface area contributed by atoms with Gasteiger partial charge >= 0.3 is 6.18 Å². The van der Waals surface area contributed by atoms with Crippen molar-refractivity contribution in [1.82, 2.24) is 5.32 Å². The molecule has 0 bridgehead atoms. The monoisotopic (exact) mass is 524 g/mol. The molecule has 0 aliphatic heterocycles. The number of hydrogen-bond acceptors (Lipinski definition) is 3. The summed E-state index contributed by atoms with van der Waals surface area (Å²) < 4.78 is 67.4. The summed E-state index contributed by atoms with van der Waals surface area (Å²) in [5.41, 5.74) is -0.433. The van der Waals surface area contributed by atoms with Crippen LogP contribution in [-0.2, 0) is 27.4 Å². The summed E-state index contributed by atoms with van der Waals surface area (Å²) in [6.07, 6.45) is -3.45. The number of alkyl halides is 3. The fraction of sp³-hybridized carbons (Fsp3) is 0.240. The molecule has 3 aromatic carbocycles. The first kappa shape index (κ1) is 26.6. The lowest BCUT2D eigenvalue weighted by Crippen LogP contribution is -2.44. The third kappa shape index (κ3) is 6.99. The number of hydrogen-bond donors (Lipinski definition) is 1. The van der Waals surface area contributed by atoms with Gasteiger partial charge in [0.1, 0.15) is 6.54 Å². The number of aryl methyl sites for hydroxylation is 1. The summed E-state index contributed by atoms with van der Waals surface area (Å²) in [7, 11) is -4.40. The van der Waals surface area contributed by atoms with E-state index in [4.69, 9.17) is 11.6 Å². The van der Waals surface area contributed by atoms with Gasteiger partial charge in [0.05, 0.1) is 21.2 Å². The molecular formula is C25H24ClF3N2O3S. The molecule has 0 radical (unpaired) electrons. The van der Waals surface area contributed by atoms with Crippen molar-refractivity contribution in [2.24, 2.45) is 0 Å². The summed E-state index contributed by atoms with van der Waals surface area (Å²) in [6, 6.07) is 18.8. The minimum Gasteiger partial charge on any atom is -0.352 e. The predicted octanol–water partition coefficient (Wildman–Crippen LogP) is 5.69. The first-order valence-corrected chi connectivity index (χ1v) is 12.6. The van der Waals surface area contributed by atoms with E-state index in [0.717, 1.165) is 17.7 Å². The van der Waals surface area contributed by atoms with Crippen LogP contribution in [0.25, 0.3) is 0 Å². The van der Waals surface area contributed by atoms with E-state index in [9.17, 15) is 26.4 Å². The molecule has 0 fully saturated rings. The van der Waals surface area contributed by atoms with Crippen molar-refractivity contribution >= 4 is 33.2 Å². The largest absolute Gasteiger partial charge is 0.416 e. The van der Waals surface area contributed by atoms with E-state index in [0.29, 0.717) is 23.2 Å². The van der Waals surface area contributed by atoms with Crippen LogP contribution in [0.4, 0.5) is 18.9 Å². The molecule has 3 rings (SSSR count). The Kier molecular flexibility index (Phi) is 8.45. The van der Waals surface area contributed by atoms with Gasteiger partial charge in [0, 0.05) is 6.04 Å². The summed E-state index contributed by atoms with van der Waals surface area (Å²) >= 11 is 6.14. The van der Waals surface area contributed by atoms with E-state index in [-0.39, 0.29) is 16.0 Å². The van der Waals surface area contributed by atoms with Gasteiger partial charge in [0.25, 0.3) is 10.0 Å². The Hall–Kier alpha value is -3.04. The summed E-state index contributed by atoms with van der Waals surface area (Å²) in [4.78, 5) is 12.7. The van der Waals surface area contributed by atoms with Crippen LogP contribution in [0, 0.1) is 0 Å². The Labute approximate surface area is 207 Å². The molecule has 35 heavy (non-hydrogen) atoms. The normalized spacial score (nSPS) is 12.7. The molecule has 0 saturated carbocycles. The SMILES string of the molecule is C[C@@H](CCc1ccccc1)NC(=O)CN(c1cc(C(F)(F)F)ccc1Cl)S(=O)(=O)c1ccccc1. The highest BCUT2D eigenvalue weighted by Crippen LogP contribution is 2.37. The number of amides is 1. The topological polar surface area (TPSA) is 66.5 Å². The molecule has 0 aliphatic rings. The van der Waals surface area contributed by atoms with Gasteiger partial charge in [-0.1, -0.05) is 60.1 Å². The van der Waals surface area contributed by atoms with Gasteiger partial charge in [-0.25, -0.2) is 8.42 Å². The Balaban J connectivity index is 1.87. The summed E-state index contributed by atoms with van der Waals surface area (Å²) in [5.74, 6) is -0.668. The van der Waals surface area contributed by atoms with Crippen LogP contribution < -0.4 is 9.62 Å². The highest BCUT2D eigenvalue weighted by Gasteiger charge is 2.34. The van der Waals surface area contributed by atoms with Gasteiger partial charge in [-0.3, -0.25) is 9.10 Å². The molecular weight excluding hydrogens is 501 g/mol. The maximum Gasteiger partial charge on any atom is 0.416 e. The van der Waals surface area contributed by atoms with E-state index in [1.165, 1.54) is 24.3 Å².